The molecule has 29 heavy (non-hydrogen) atoms. The van der Waals surface area contributed by atoms with Crippen LogP contribution in [-0.2, 0) is 13.6 Å². The zero-order chi connectivity index (χ0) is 20.2. The van der Waals surface area contributed by atoms with E-state index in [9.17, 15) is 4.79 Å². The average molecular weight is 388 g/mol. The van der Waals surface area contributed by atoms with Crippen LogP contribution in [0.3, 0.4) is 0 Å². The zero-order valence-electron chi connectivity index (χ0n) is 16.1. The first kappa shape index (κ1) is 18.5. The van der Waals surface area contributed by atoms with Crippen molar-refractivity contribution in [2.75, 3.05) is 7.11 Å². The zero-order valence-corrected chi connectivity index (χ0v) is 16.1. The molecule has 7 heteroatoms. The lowest BCUT2D eigenvalue weighted by Crippen LogP contribution is -2.24. The van der Waals surface area contributed by atoms with Crippen LogP contribution in [0.15, 0.2) is 71.4 Å². The van der Waals surface area contributed by atoms with Crippen molar-refractivity contribution in [1.82, 2.24) is 20.0 Å². The first-order valence-electron chi connectivity index (χ1n) is 9.11. The fourth-order valence-electron chi connectivity index (χ4n) is 3.11. The number of methoxy groups -OCH3 is 1. The molecule has 0 saturated heterocycles. The lowest BCUT2D eigenvalue weighted by atomic mass is 10.1. The van der Waals surface area contributed by atoms with Gasteiger partial charge in [0.1, 0.15) is 23.0 Å². The smallest absolute Gasteiger partial charge is 0.269 e. The van der Waals surface area contributed by atoms with Crippen LogP contribution in [0.5, 0.6) is 5.75 Å². The van der Waals surface area contributed by atoms with Crippen molar-refractivity contribution in [3.05, 3.63) is 78.3 Å². The van der Waals surface area contributed by atoms with Crippen molar-refractivity contribution < 1.29 is 14.1 Å². The Kier molecular flexibility index (Phi) is 5.11. The van der Waals surface area contributed by atoms with Crippen molar-refractivity contribution in [3.8, 4) is 28.4 Å². The molecule has 0 saturated carbocycles. The van der Waals surface area contributed by atoms with Gasteiger partial charge < -0.3 is 19.1 Å². The molecule has 2 heterocycles. The molecule has 0 aliphatic rings. The fraction of sp³-hybridized carbons (Fsp3) is 0.136. The number of carbonyl (C=O) groups excluding carboxylic acids is 1. The van der Waals surface area contributed by atoms with Crippen LogP contribution < -0.4 is 10.1 Å². The van der Waals surface area contributed by atoms with Gasteiger partial charge in [0.2, 0.25) is 0 Å². The van der Waals surface area contributed by atoms with E-state index in [2.05, 4.69) is 15.5 Å². The second kappa shape index (κ2) is 8.02. The van der Waals surface area contributed by atoms with Gasteiger partial charge in [-0.1, -0.05) is 47.6 Å². The molecule has 0 spiro atoms. The quantitative estimate of drug-likeness (QED) is 0.545. The Labute approximate surface area is 167 Å². The first-order valence-corrected chi connectivity index (χ1v) is 9.11. The molecule has 146 valence electrons. The van der Waals surface area contributed by atoms with Crippen LogP contribution in [0, 0.1) is 0 Å². The van der Waals surface area contributed by atoms with Crippen molar-refractivity contribution in [1.29, 1.82) is 0 Å². The number of nitrogens with one attached hydrogen (secondary N) is 1. The molecule has 7 nitrogen and oxygen atoms in total. The fourth-order valence-corrected chi connectivity index (χ4v) is 3.11. The van der Waals surface area contributed by atoms with Gasteiger partial charge in [0.25, 0.3) is 5.91 Å². The van der Waals surface area contributed by atoms with Crippen LogP contribution in [0.25, 0.3) is 22.6 Å². The number of rotatable bonds is 6. The Morgan fingerprint density at radius 3 is 2.69 bits per heavy atom. The highest BCUT2D eigenvalue weighted by molar-refractivity contribution is 5.93. The van der Waals surface area contributed by atoms with Gasteiger partial charge in [0.15, 0.2) is 5.76 Å². The molecule has 0 aliphatic heterocycles. The maximum absolute atomic E-state index is 12.6. The van der Waals surface area contributed by atoms with E-state index in [4.69, 9.17) is 9.26 Å². The number of nitrogens with zero attached hydrogens (tertiary/aromatic N) is 3. The number of benzene rings is 2. The van der Waals surface area contributed by atoms with Gasteiger partial charge in [-0.25, -0.2) is 4.98 Å². The summed E-state index contributed by atoms with van der Waals surface area (Å²) in [6.07, 6.45) is 1.57. The van der Waals surface area contributed by atoms with Gasteiger partial charge in [-0.2, -0.15) is 0 Å². The van der Waals surface area contributed by atoms with Crippen LogP contribution in [0.1, 0.15) is 16.2 Å². The van der Waals surface area contributed by atoms with Gasteiger partial charge in [-0.05, 0) is 12.1 Å². The van der Waals surface area contributed by atoms with Gasteiger partial charge >= 0.3 is 0 Å². The molecule has 4 aromatic rings. The number of imidazole rings is 1. The Balaban J connectivity index is 1.46. The van der Waals surface area contributed by atoms with Gasteiger partial charge in [-0.15, -0.1) is 0 Å². The third-order valence-corrected chi connectivity index (χ3v) is 4.62. The van der Waals surface area contributed by atoms with Crippen molar-refractivity contribution >= 4 is 5.91 Å². The molecule has 4 rings (SSSR count). The minimum Gasteiger partial charge on any atom is -0.496 e. The molecule has 0 fully saturated rings. The molecular weight excluding hydrogens is 368 g/mol. The van der Waals surface area contributed by atoms with Crippen LogP contribution in [-0.4, -0.2) is 27.7 Å². The third kappa shape index (κ3) is 3.75. The summed E-state index contributed by atoms with van der Waals surface area (Å²) in [5.74, 6) is 1.75. The summed E-state index contributed by atoms with van der Waals surface area (Å²) in [5.41, 5.74) is 2.90. The average Bonchev–Trinajstić information content (AvgIpc) is 3.39. The predicted octanol–water partition coefficient (Wildman–Crippen LogP) is 3.68. The molecule has 2 aromatic heterocycles. The Bertz CT molecular complexity index is 1130. The minimum absolute atomic E-state index is 0.215. The summed E-state index contributed by atoms with van der Waals surface area (Å²) >= 11 is 0. The summed E-state index contributed by atoms with van der Waals surface area (Å²) in [4.78, 5) is 17.0. The molecule has 1 N–H and O–H groups in total. The lowest BCUT2D eigenvalue weighted by Gasteiger charge is -2.06. The molecule has 0 atom stereocenters. The Hall–Kier alpha value is -3.87. The van der Waals surface area contributed by atoms with Crippen LogP contribution >= 0.6 is 0 Å². The molecule has 0 bridgehead atoms. The number of hydrogen-bond donors (Lipinski definition) is 1. The normalized spacial score (nSPS) is 10.7. The number of hydrogen-bond acceptors (Lipinski definition) is 5. The van der Waals surface area contributed by atoms with E-state index >= 15 is 0 Å². The first-order chi connectivity index (χ1) is 14.2. The molecular formula is C22H20N4O3. The summed E-state index contributed by atoms with van der Waals surface area (Å²) in [6.45, 7) is 0.215. The van der Waals surface area contributed by atoms with E-state index < -0.39 is 0 Å². The summed E-state index contributed by atoms with van der Waals surface area (Å²) in [6, 6.07) is 19.1. The molecule has 2 aromatic carbocycles. The lowest BCUT2D eigenvalue weighted by molar-refractivity contribution is 0.0939. The van der Waals surface area contributed by atoms with E-state index in [-0.39, 0.29) is 12.5 Å². The highest BCUT2D eigenvalue weighted by Gasteiger charge is 2.16. The van der Waals surface area contributed by atoms with E-state index in [1.54, 1.807) is 23.9 Å². The van der Waals surface area contributed by atoms with Crippen molar-refractivity contribution in [2.24, 2.45) is 7.05 Å². The highest BCUT2D eigenvalue weighted by Crippen LogP contribution is 2.29. The van der Waals surface area contributed by atoms with E-state index in [0.29, 0.717) is 22.9 Å². The van der Waals surface area contributed by atoms with Gasteiger partial charge in [0.05, 0.1) is 19.9 Å². The highest BCUT2D eigenvalue weighted by atomic mass is 16.5. The van der Waals surface area contributed by atoms with Crippen molar-refractivity contribution in [3.63, 3.8) is 0 Å². The van der Waals surface area contributed by atoms with E-state index in [0.717, 1.165) is 17.0 Å². The molecule has 0 unspecified atom stereocenters. The van der Waals surface area contributed by atoms with Crippen LogP contribution in [0.4, 0.5) is 0 Å². The van der Waals surface area contributed by atoms with Crippen LogP contribution in [0.2, 0.25) is 0 Å². The number of ether oxygens (including phenoxy) is 1. The van der Waals surface area contributed by atoms with Crippen molar-refractivity contribution in [2.45, 2.75) is 6.54 Å². The number of aromatic nitrogens is 3. The summed E-state index contributed by atoms with van der Waals surface area (Å²) in [5, 5.41) is 6.93. The van der Waals surface area contributed by atoms with E-state index in [1.807, 2.05) is 61.6 Å². The van der Waals surface area contributed by atoms with E-state index in [1.165, 1.54) is 0 Å². The number of para-hydroxylation sites is 1. The maximum Gasteiger partial charge on any atom is 0.269 e. The monoisotopic (exact) mass is 388 g/mol. The minimum atomic E-state index is -0.238. The molecule has 1 amide bonds. The summed E-state index contributed by atoms with van der Waals surface area (Å²) in [7, 11) is 3.43. The molecule has 0 aliphatic carbocycles. The number of amides is 1. The SMILES string of the molecule is COc1ccccc1-c1cc(CNC(=O)c2cnc(-c3ccccc3)n2C)on1. The van der Waals surface area contributed by atoms with Gasteiger partial charge in [-0.3, -0.25) is 4.79 Å². The standard InChI is InChI=1S/C22H20N4O3/c1-26-19(14-23-21(26)15-8-4-3-5-9-15)22(27)24-13-16-12-18(25-29-16)17-10-6-7-11-20(17)28-2/h3-12,14H,13H2,1-2H3,(H,24,27). The number of carbonyl (C=O) groups is 1. The summed E-state index contributed by atoms with van der Waals surface area (Å²) < 4.78 is 12.5. The Morgan fingerprint density at radius 2 is 1.90 bits per heavy atom. The Morgan fingerprint density at radius 1 is 1.14 bits per heavy atom. The topological polar surface area (TPSA) is 82.2 Å². The third-order valence-electron chi connectivity index (χ3n) is 4.62. The maximum atomic E-state index is 12.6. The largest absolute Gasteiger partial charge is 0.496 e. The second-order valence-electron chi connectivity index (χ2n) is 6.45. The molecule has 0 radical (unpaired) electrons. The second-order valence-corrected chi connectivity index (χ2v) is 6.45. The predicted molar refractivity (Wildman–Crippen MR) is 108 cm³/mol. The van der Waals surface area contributed by atoms with Gasteiger partial charge in [0, 0.05) is 24.2 Å².